The molecule has 0 radical (unpaired) electrons. The van der Waals surface area contributed by atoms with E-state index in [2.05, 4.69) is 0 Å². The van der Waals surface area contributed by atoms with Crippen LogP contribution in [-0.4, -0.2) is 11.8 Å². The van der Waals surface area contributed by atoms with Crippen LogP contribution < -0.4 is 17.0 Å². The lowest BCUT2D eigenvalue weighted by molar-refractivity contribution is -0.133. The molecule has 0 bridgehead atoms. The van der Waals surface area contributed by atoms with Crippen LogP contribution in [0.5, 0.6) is 0 Å². The van der Waals surface area contributed by atoms with E-state index in [1.165, 1.54) is 0 Å². The molecule has 11 heavy (non-hydrogen) atoms. The fourth-order valence-electron chi connectivity index (χ4n) is 0.792. The highest BCUT2D eigenvalue weighted by molar-refractivity contribution is 5.99. The molecule has 1 atom stereocenters. The molecule has 64 valence electrons. The van der Waals surface area contributed by atoms with Crippen molar-refractivity contribution in [2.75, 3.05) is 0 Å². The Kier molecular flexibility index (Phi) is 4.21. The highest BCUT2D eigenvalue weighted by Gasteiger charge is 2.21. The maximum Gasteiger partial charge on any atom is 0.246 e. The van der Waals surface area contributed by atoms with Crippen LogP contribution in [0.25, 0.3) is 0 Å². The minimum Gasteiger partial charge on any atom is -0.369 e. The Morgan fingerprint density at radius 1 is 1.55 bits per heavy atom. The van der Waals surface area contributed by atoms with Gasteiger partial charge in [-0.05, 0) is 6.42 Å². The van der Waals surface area contributed by atoms with E-state index in [-0.39, 0.29) is 0 Å². The van der Waals surface area contributed by atoms with E-state index in [0.717, 1.165) is 6.42 Å². The molecule has 0 aromatic carbocycles. The number of nitrogens with two attached hydrogens (primary N) is 2. The molecule has 0 rings (SSSR count). The average Bonchev–Trinajstić information content (AvgIpc) is 1.98. The van der Waals surface area contributed by atoms with Crippen LogP contribution in [0.1, 0.15) is 19.8 Å². The second-order valence-electron chi connectivity index (χ2n) is 2.25. The van der Waals surface area contributed by atoms with E-state index in [1.807, 2.05) is 12.3 Å². The van der Waals surface area contributed by atoms with Gasteiger partial charge in [-0.25, -0.2) is 5.84 Å². The standard InChI is InChI=1S/C6H13N3O2/c1-2-3-4(5(7)10)6(11)9-8/h4H,2-3,8H2,1H3,(H2,7,10)(H,9,11)/t4-/m1/s1. The normalized spacial score (nSPS) is 12.2. The molecule has 5 nitrogen and oxygen atoms in total. The van der Waals surface area contributed by atoms with Crippen molar-refractivity contribution in [3.05, 3.63) is 0 Å². The molecule has 5 heteroatoms. The Hall–Kier alpha value is -1.10. The Morgan fingerprint density at radius 2 is 2.09 bits per heavy atom. The molecule has 2 amide bonds. The maximum absolute atomic E-state index is 10.8. The predicted molar refractivity (Wildman–Crippen MR) is 39.9 cm³/mol. The number of carbonyl (C=O) groups is 2. The van der Waals surface area contributed by atoms with Crippen molar-refractivity contribution in [2.45, 2.75) is 19.8 Å². The monoisotopic (exact) mass is 159 g/mol. The quantitative estimate of drug-likeness (QED) is 0.210. The predicted octanol–water partition coefficient (Wildman–Crippen LogP) is -1.12. The van der Waals surface area contributed by atoms with Crippen molar-refractivity contribution < 1.29 is 9.59 Å². The topological polar surface area (TPSA) is 98.2 Å². The molecule has 0 aliphatic heterocycles. The van der Waals surface area contributed by atoms with Gasteiger partial charge in [0.05, 0.1) is 0 Å². The zero-order valence-corrected chi connectivity index (χ0v) is 6.46. The number of hydrogen-bond acceptors (Lipinski definition) is 3. The Balaban J connectivity index is 4.09. The summed E-state index contributed by atoms with van der Waals surface area (Å²) in [5.74, 6) is 2.90. The number of hydrazine groups is 1. The SMILES string of the molecule is CCC[C@H](C(N)=O)C(=O)NN. The van der Waals surface area contributed by atoms with Crippen molar-refractivity contribution in [3.8, 4) is 0 Å². The van der Waals surface area contributed by atoms with E-state index in [1.54, 1.807) is 0 Å². The second kappa shape index (κ2) is 4.68. The number of primary amides is 1. The zero-order valence-electron chi connectivity index (χ0n) is 6.46. The van der Waals surface area contributed by atoms with Gasteiger partial charge in [0, 0.05) is 0 Å². The lowest BCUT2D eigenvalue weighted by atomic mass is 10.0. The summed E-state index contributed by atoms with van der Waals surface area (Å²) < 4.78 is 0. The van der Waals surface area contributed by atoms with Crippen molar-refractivity contribution in [1.82, 2.24) is 5.43 Å². The van der Waals surface area contributed by atoms with E-state index in [0.29, 0.717) is 6.42 Å². The molecule has 0 saturated heterocycles. The molecule has 0 aliphatic rings. The smallest absolute Gasteiger partial charge is 0.246 e. The van der Waals surface area contributed by atoms with Gasteiger partial charge in [0.15, 0.2) is 0 Å². The van der Waals surface area contributed by atoms with Crippen LogP contribution in [0.15, 0.2) is 0 Å². The first kappa shape index (κ1) is 9.90. The van der Waals surface area contributed by atoms with Crippen LogP contribution in [0.2, 0.25) is 0 Å². The van der Waals surface area contributed by atoms with Gasteiger partial charge in [-0.1, -0.05) is 13.3 Å². The van der Waals surface area contributed by atoms with Gasteiger partial charge in [-0.3, -0.25) is 15.0 Å². The van der Waals surface area contributed by atoms with Crippen LogP contribution in [0, 0.1) is 5.92 Å². The van der Waals surface area contributed by atoms with Crippen molar-refractivity contribution in [1.29, 1.82) is 0 Å². The summed E-state index contributed by atoms with van der Waals surface area (Å²) in [5, 5.41) is 0. The Morgan fingerprint density at radius 3 is 2.36 bits per heavy atom. The average molecular weight is 159 g/mol. The Labute approximate surface area is 65.1 Å². The van der Waals surface area contributed by atoms with Gasteiger partial charge in [-0.2, -0.15) is 0 Å². The summed E-state index contributed by atoms with van der Waals surface area (Å²) in [7, 11) is 0. The largest absolute Gasteiger partial charge is 0.369 e. The molecule has 0 aromatic rings. The molecule has 0 unspecified atom stereocenters. The summed E-state index contributed by atoms with van der Waals surface area (Å²) in [6.07, 6.45) is 1.17. The first-order chi connectivity index (χ1) is 5.13. The van der Waals surface area contributed by atoms with Gasteiger partial charge in [0.2, 0.25) is 11.8 Å². The van der Waals surface area contributed by atoms with Gasteiger partial charge in [0.25, 0.3) is 0 Å². The summed E-state index contributed by atoms with van der Waals surface area (Å²) in [4.78, 5) is 21.4. The number of rotatable bonds is 4. The van der Waals surface area contributed by atoms with Crippen LogP contribution >= 0.6 is 0 Å². The third kappa shape index (κ3) is 2.99. The van der Waals surface area contributed by atoms with E-state index >= 15 is 0 Å². The van der Waals surface area contributed by atoms with E-state index < -0.39 is 17.7 Å². The van der Waals surface area contributed by atoms with Crippen molar-refractivity contribution >= 4 is 11.8 Å². The molecule has 0 saturated carbocycles. The fraction of sp³-hybridized carbons (Fsp3) is 0.667. The third-order valence-electron chi connectivity index (χ3n) is 1.38. The van der Waals surface area contributed by atoms with E-state index in [4.69, 9.17) is 11.6 Å². The minimum atomic E-state index is -0.787. The lowest BCUT2D eigenvalue weighted by Crippen LogP contribution is -2.41. The zero-order chi connectivity index (χ0) is 8.85. The van der Waals surface area contributed by atoms with Crippen LogP contribution in [0.3, 0.4) is 0 Å². The van der Waals surface area contributed by atoms with Crippen molar-refractivity contribution in [3.63, 3.8) is 0 Å². The fourth-order valence-corrected chi connectivity index (χ4v) is 0.792. The molecule has 0 spiro atoms. The van der Waals surface area contributed by atoms with Gasteiger partial charge in [-0.15, -0.1) is 0 Å². The number of hydrogen-bond donors (Lipinski definition) is 3. The highest BCUT2D eigenvalue weighted by Crippen LogP contribution is 2.04. The minimum absolute atomic E-state index is 0.443. The second-order valence-corrected chi connectivity index (χ2v) is 2.25. The van der Waals surface area contributed by atoms with Crippen molar-refractivity contribution in [2.24, 2.45) is 17.5 Å². The van der Waals surface area contributed by atoms with Gasteiger partial charge in [0.1, 0.15) is 5.92 Å². The van der Waals surface area contributed by atoms with Gasteiger partial charge < -0.3 is 5.73 Å². The van der Waals surface area contributed by atoms with Gasteiger partial charge >= 0.3 is 0 Å². The van der Waals surface area contributed by atoms with E-state index in [9.17, 15) is 9.59 Å². The number of carbonyl (C=O) groups excluding carboxylic acids is 2. The number of nitrogens with one attached hydrogen (secondary N) is 1. The molecular weight excluding hydrogens is 146 g/mol. The van der Waals surface area contributed by atoms with Crippen LogP contribution in [0.4, 0.5) is 0 Å². The summed E-state index contributed by atoms with van der Waals surface area (Å²) in [6.45, 7) is 1.86. The summed E-state index contributed by atoms with van der Waals surface area (Å²) in [6, 6.07) is 0. The number of amides is 2. The molecule has 0 heterocycles. The summed E-state index contributed by atoms with van der Waals surface area (Å²) in [5.41, 5.74) is 6.84. The summed E-state index contributed by atoms with van der Waals surface area (Å²) >= 11 is 0. The molecular formula is C6H13N3O2. The molecule has 0 aromatic heterocycles. The highest BCUT2D eigenvalue weighted by atomic mass is 16.2. The molecule has 0 aliphatic carbocycles. The Bertz CT molecular complexity index is 158. The molecule has 5 N–H and O–H groups in total. The molecule has 0 fully saturated rings. The first-order valence-electron chi connectivity index (χ1n) is 3.43. The third-order valence-corrected chi connectivity index (χ3v) is 1.38. The lowest BCUT2D eigenvalue weighted by Gasteiger charge is -2.08. The first-order valence-corrected chi connectivity index (χ1v) is 3.43. The maximum atomic E-state index is 10.8. The van der Waals surface area contributed by atoms with Crippen LogP contribution in [-0.2, 0) is 9.59 Å².